The molecule has 0 aromatic heterocycles. The monoisotopic (exact) mass is 264 g/mol. The summed E-state index contributed by atoms with van der Waals surface area (Å²) < 4.78 is 10.9. The Labute approximate surface area is 115 Å². The molecule has 1 aliphatic rings. The van der Waals surface area contributed by atoms with E-state index in [1.165, 1.54) is 32.1 Å². The van der Waals surface area contributed by atoms with Gasteiger partial charge in [0.1, 0.15) is 11.5 Å². The molecule has 1 saturated carbocycles. The highest BCUT2D eigenvalue weighted by atomic mass is 16.5. The minimum Gasteiger partial charge on any atom is -0.497 e. The molecule has 0 spiro atoms. The number of ether oxygens (including phenoxy) is 2. The first kappa shape index (κ1) is 14.2. The summed E-state index contributed by atoms with van der Waals surface area (Å²) in [6.45, 7) is 0.828. The van der Waals surface area contributed by atoms with Gasteiger partial charge in [0.05, 0.1) is 13.7 Å². The van der Waals surface area contributed by atoms with Gasteiger partial charge in [-0.2, -0.15) is 0 Å². The van der Waals surface area contributed by atoms with Crippen molar-refractivity contribution in [2.24, 2.45) is 11.8 Å². The van der Waals surface area contributed by atoms with Crippen LogP contribution in [0.2, 0.25) is 0 Å². The fraction of sp³-hybridized carbons (Fsp3) is 0.625. The van der Waals surface area contributed by atoms with Crippen molar-refractivity contribution in [1.82, 2.24) is 0 Å². The van der Waals surface area contributed by atoms with Gasteiger partial charge in [0.2, 0.25) is 0 Å². The normalized spacial score (nSPS) is 18.0. The van der Waals surface area contributed by atoms with E-state index in [1.54, 1.807) is 7.11 Å². The van der Waals surface area contributed by atoms with E-state index in [1.807, 2.05) is 24.3 Å². The third kappa shape index (κ3) is 4.13. The van der Waals surface area contributed by atoms with Crippen LogP contribution in [0, 0.1) is 11.8 Å². The second-order valence-electron chi connectivity index (χ2n) is 5.33. The van der Waals surface area contributed by atoms with E-state index in [9.17, 15) is 5.11 Å². The lowest BCUT2D eigenvalue weighted by molar-refractivity contribution is 0.0983. The molecular formula is C16H24O3. The Kier molecular flexibility index (Phi) is 5.52. The van der Waals surface area contributed by atoms with Gasteiger partial charge < -0.3 is 14.6 Å². The number of aliphatic hydroxyl groups excluding tert-OH is 1. The quantitative estimate of drug-likeness (QED) is 0.857. The van der Waals surface area contributed by atoms with Crippen molar-refractivity contribution >= 4 is 0 Å². The molecule has 3 nitrogen and oxygen atoms in total. The third-order valence-corrected chi connectivity index (χ3v) is 4.07. The van der Waals surface area contributed by atoms with Gasteiger partial charge in [-0.15, -0.1) is 0 Å². The summed E-state index contributed by atoms with van der Waals surface area (Å²) in [6.07, 6.45) is 6.40. The smallest absolute Gasteiger partial charge is 0.119 e. The lowest BCUT2D eigenvalue weighted by Crippen LogP contribution is -2.26. The van der Waals surface area contributed by atoms with Gasteiger partial charge in [-0.3, -0.25) is 0 Å². The largest absolute Gasteiger partial charge is 0.497 e. The zero-order chi connectivity index (χ0) is 13.5. The predicted octanol–water partition coefficient (Wildman–Crippen LogP) is 3.26. The lowest BCUT2D eigenvalue weighted by Gasteiger charge is -2.28. The van der Waals surface area contributed by atoms with Gasteiger partial charge in [0.15, 0.2) is 0 Å². The molecule has 1 unspecified atom stereocenters. The van der Waals surface area contributed by atoms with Gasteiger partial charge in [-0.05, 0) is 43.0 Å². The fourth-order valence-electron chi connectivity index (χ4n) is 2.82. The Morgan fingerprint density at radius 3 is 2.32 bits per heavy atom. The summed E-state index contributed by atoms with van der Waals surface area (Å²) in [5.41, 5.74) is 0. The minimum atomic E-state index is 0.223. The molecule has 3 heteroatoms. The number of hydrogen-bond donors (Lipinski definition) is 1. The van der Waals surface area contributed by atoms with Gasteiger partial charge in [0.25, 0.3) is 0 Å². The van der Waals surface area contributed by atoms with Crippen LogP contribution in [-0.4, -0.2) is 25.4 Å². The first-order chi connectivity index (χ1) is 9.33. The highest BCUT2D eigenvalue weighted by Gasteiger charge is 2.23. The molecule has 0 saturated heterocycles. The molecule has 0 heterocycles. The summed E-state index contributed by atoms with van der Waals surface area (Å²) in [6, 6.07) is 7.61. The van der Waals surface area contributed by atoms with Gasteiger partial charge >= 0.3 is 0 Å². The van der Waals surface area contributed by atoms with Crippen LogP contribution in [0.3, 0.4) is 0 Å². The highest BCUT2D eigenvalue weighted by molar-refractivity contribution is 5.31. The van der Waals surface area contributed by atoms with Crippen molar-refractivity contribution in [3.05, 3.63) is 24.3 Å². The average molecular weight is 264 g/mol. The number of rotatable bonds is 6. The second kappa shape index (κ2) is 7.39. The second-order valence-corrected chi connectivity index (χ2v) is 5.33. The van der Waals surface area contributed by atoms with E-state index in [0.29, 0.717) is 12.5 Å². The molecule has 1 aromatic carbocycles. The number of methoxy groups -OCH3 is 1. The molecule has 1 aromatic rings. The number of benzene rings is 1. The van der Waals surface area contributed by atoms with Crippen LogP contribution < -0.4 is 9.47 Å². The van der Waals surface area contributed by atoms with E-state index in [0.717, 1.165) is 11.5 Å². The Hall–Kier alpha value is -1.22. The maximum atomic E-state index is 9.54. The maximum Gasteiger partial charge on any atom is 0.119 e. The van der Waals surface area contributed by atoms with Crippen LogP contribution in [-0.2, 0) is 0 Å². The van der Waals surface area contributed by atoms with E-state index in [-0.39, 0.29) is 12.5 Å². The van der Waals surface area contributed by atoms with Gasteiger partial charge in [0, 0.05) is 12.5 Å². The fourth-order valence-corrected chi connectivity index (χ4v) is 2.82. The van der Waals surface area contributed by atoms with Crippen LogP contribution in [0.1, 0.15) is 32.1 Å². The molecule has 1 N–H and O–H groups in total. The van der Waals surface area contributed by atoms with Crippen LogP contribution in [0.4, 0.5) is 0 Å². The predicted molar refractivity (Wildman–Crippen MR) is 75.6 cm³/mol. The van der Waals surface area contributed by atoms with E-state index >= 15 is 0 Å². The van der Waals surface area contributed by atoms with Crippen LogP contribution in [0.5, 0.6) is 11.5 Å². The Morgan fingerprint density at radius 1 is 1.11 bits per heavy atom. The number of aliphatic hydroxyl groups is 1. The van der Waals surface area contributed by atoms with Crippen LogP contribution >= 0.6 is 0 Å². The third-order valence-electron chi connectivity index (χ3n) is 4.07. The summed E-state index contributed by atoms with van der Waals surface area (Å²) >= 11 is 0. The summed E-state index contributed by atoms with van der Waals surface area (Å²) in [7, 11) is 1.65. The molecule has 0 aliphatic heterocycles. The molecule has 2 rings (SSSR count). The first-order valence-corrected chi connectivity index (χ1v) is 7.21. The molecule has 1 atom stereocenters. The van der Waals surface area contributed by atoms with Gasteiger partial charge in [-0.1, -0.05) is 19.3 Å². The molecule has 19 heavy (non-hydrogen) atoms. The summed E-state index contributed by atoms with van der Waals surface area (Å²) in [4.78, 5) is 0. The van der Waals surface area contributed by atoms with E-state index in [4.69, 9.17) is 9.47 Å². The van der Waals surface area contributed by atoms with Gasteiger partial charge in [-0.25, -0.2) is 0 Å². The minimum absolute atomic E-state index is 0.223. The molecule has 1 fully saturated rings. The maximum absolute atomic E-state index is 9.54. The average Bonchev–Trinajstić information content (AvgIpc) is 2.49. The molecular weight excluding hydrogens is 240 g/mol. The Bertz CT molecular complexity index is 355. The first-order valence-electron chi connectivity index (χ1n) is 7.21. The van der Waals surface area contributed by atoms with Crippen molar-refractivity contribution < 1.29 is 14.6 Å². The molecule has 106 valence electrons. The van der Waals surface area contributed by atoms with Crippen LogP contribution in [0.25, 0.3) is 0 Å². The Morgan fingerprint density at radius 2 is 1.74 bits per heavy atom. The molecule has 1 aliphatic carbocycles. The number of hydrogen-bond acceptors (Lipinski definition) is 3. The van der Waals surface area contributed by atoms with Crippen molar-refractivity contribution in [3.63, 3.8) is 0 Å². The lowest BCUT2D eigenvalue weighted by atomic mass is 9.81. The van der Waals surface area contributed by atoms with Crippen molar-refractivity contribution in [1.29, 1.82) is 0 Å². The highest BCUT2D eigenvalue weighted by Crippen LogP contribution is 2.30. The summed E-state index contributed by atoms with van der Waals surface area (Å²) in [5.74, 6) is 2.56. The summed E-state index contributed by atoms with van der Waals surface area (Å²) in [5, 5.41) is 9.54. The Balaban J connectivity index is 1.84. The SMILES string of the molecule is COc1ccc(OCC(CO)C2CCCCC2)cc1. The van der Waals surface area contributed by atoms with Crippen molar-refractivity contribution in [3.8, 4) is 11.5 Å². The zero-order valence-electron chi connectivity index (χ0n) is 11.7. The van der Waals surface area contributed by atoms with Crippen LogP contribution in [0.15, 0.2) is 24.3 Å². The topological polar surface area (TPSA) is 38.7 Å². The standard InChI is InChI=1S/C16H24O3/c1-18-15-7-9-16(10-8-15)19-12-14(11-17)13-5-3-2-4-6-13/h7-10,13-14,17H,2-6,11-12H2,1H3. The molecule has 0 amide bonds. The molecule has 0 radical (unpaired) electrons. The van der Waals surface area contributed by atoms with E-state index in [2.05, 4.69) is 0 Å². The zero-order valence-corrected chi connectivity index (χ0v) is 11.7. The van der Waals surface area contributed by atoms with Crippen molar-refractivity contribution in [2.75, 3.05) is 20.3 Å². The van der Waals surface area contributed by atoms with E-state index < -0.39 is 0 Å². The van der Waals surface area contributed by atoms with Crippen molar-refractivity contribution in [2.45, 2.75) is 32.1 Å². The molecule has 0 bridgehead atoms.